The second-order valence-electron chi connectivity index (χ2n) is 5.78. The van der Waals surface area contributed by atoms with Crippen molar-refractivity contribution >= 4 is 5.69 Å². The lowest BCUT2D eigenvalue weighted by Crippen LogP contribution is -2.14. The predicted molar refractivity (Wildman–Crippen MR) is 86.4 cm³/mol. The molecule has 2 aromatic carbocycles. The average Bonchev–Trinajstić information content (AvgIpc) is 3.30. The molecule has 0 atom stereocenters. The number of hydrogen-bond donors (Lipinski definition) is 1. The summed E-state index contributed by atoms with van der Waals surface area (Å²) in [6.07, 6.45) is 4.93. The van der Waals surface area contributed by atoms with E-state index in [0.29, 0.717) is 0 Å². The molecule has 0 heterocycles. The van der Waals surface area contributed by atoms with Gasteiger partial charge in [0.2, 0.25) is 0 Å². The smallest absolute Gasteiger partial charge is 0.0379 e. The molecule has 1 aliphatic carbocycles. The Morgan fingerprint density at radius 2 is 1.60 bits per heavy atom. The minimum atomic E-state index is 0.255. The highest BCUT2D eigenvalue weighted by molar-refractivity contribution is 5.61. The normalized spacial score (nSPS) is 15.9. The van der Waals surface area contributed by atoms with E-state index in [1.54, 1.807) is 5.56 Å². The summed E-state index contributed by atoms with van der Waals surface area (Å²) >= 11 is 0. The Kier molecular flexibility index (Phi) is 3.52. The molecule has 0 radical (unpaired) electrons. The van der Waals surface area contributed by atoms with Gasteiger partial charge in [0.25, 0.3) is 0 Å². The molecule has 104 valence electrons. The SMILES string of the molecule is CCCc1ccccc1C1(c2ccccc2NC)CC1. The number of aryl methyl sites for hydroxylation is 1. The number of hydrogen-bond acceptors (Lipinski definition) is 1. The van der Waals surface area contributed by atoms with Crippen LogP contribution in [0.5, 0.6) is 0 Å². The maximum atomic E-state index is 3.36. The van der Waals surface area contributed by atoms with Crippen LogP contribution in [0.3, 0.4) is 0 Å². The van der Waals surface area contributed by atoms with Gasteiger partial charge in [0.15, 0.2) is 0 Å². The summed E-state index contributed by atoms with van der Waals surface area (Å²) in [5.74, 6) is 0. The molecule has 0 bridgehead atoms. The van der Waals surface area contributed by atoms with Crippen LogP contribution in [0.1, 0.15) is 42.9 Å². The zero-order valence-corrected chi connectivity index (χ0v) is 12.4. The summed E-state index contributed by atoms with van der Waals surface area (Å²) in [6, 6.07) is 17.8. The van der Waals surface area contributed by atoms with E-state index in [1.807, 2.05) is 7.05 Å². The molecule has 0 unspecified atom stereocenters. The van der Waals surface area contributed by atoms with Crippen molar-refractivity contribution in [2.45, 2.75) is 38.0 Å². The van der Waals surface area contributed by atoms with E-state index in [0.717, 1.165) is 0 Å². The minimum absolute atomic E-state index is 0.255. The van der Waals surface area contributed by atoms with Crippen LogP contribution in [0.4, 0.5) is 5.69 Å². The van der Waals surface area contributed by atoms with Gasteiger partial charge in [-0.2, -0.15) is 0 Å². The van der Waals surface area contributed by atoms with Gasteiger partial charge in [-0.05, 0) is 42.0 Å². The first-order chi connectivity index (χ1) is 9.81. The van der Waals surface area contributed by atoms with Crippen LogP contribution in [0.2, 0.25) is 0 Å². The van der Waals surface area contributed by atoms with Gasteiger partial charge in [0.05, 0.1) is 0 Å². The zero-order valence-electron chi connectivity index (χ0n) is 12.4. The van der Waals surface area contributed by atoms with Crippen LogP contribution in [0.25, 0.3) is 0 Å². The third-order valence-corrected chi connectivity index (χ3v) is 4.51. The van der Waals surface area contributed by atoms with Gasteiger partial charge in [0, 0.05) is 18.2 Å². The molecule has 1 saturated carbocycles. The highest BCUT2D eigenvalue weighted by Crippen LogP contribution is 2.56. The first-order valence-electron chi connectivity index (χ1n) is 7.67. The summed E-state index contributed by atoms with van der Waals surface area (Å²) in [6.45, 7) is 2.26. The molecule has 1 aliphatic rings. The largest absolute Gasteiger partial charge is 0.388 e. The standard InChI is InChI=1S/C19H23N/c1-3-8-15-9-4-5-10-16(15)19(13-14-19)17-11-6-7-12-18(17)20-2/h4-7,9-12,20H,3,8,13-14H2,1-2H3. The Bertz CT molecular complexity index is 596. The fourth-order valence-electron chi connectivity index (χ4n) is 3.40. The number of anilines is 1. The lowest BCUT2D eigenvalue weighted by molar-refractivity contribution is 0.807. The fraction of sp³-hybridized carbons (Fsp3) is 0.368. The predicted octanol–water partition coefficient (Wildman–Crippen LogP) is 4.76. The molecule has 0 spiro atoms. The third kappa shape index (κ3) is 2.11. The molecule has 2 aromatic rings. The molecule has 1 N–H and O–H groups in total. The molecular formula is C19H23N. The molecule has 0 aliphatic heterocycles. The summed E-state index contributed by atoms with van der Waals surface area (Å²) in [4.78, 5) is 0. The van der Waals surface area contributed by atoms with Crippen LogP contribution in [0, 0.1) is 0 Å². The number of benzene rings is 2. The second-order valence-corrected chi connectivity index (χ2v) is 5.78. The molecule has 3 rings (SSSR count). The van der Waals surface area contributed by atoms with E-state index in [-0.39, 0.29) is 5.41 Å². The van der Waals surface area contributed by atoms with Crippen LogP contribution in [0.15, 0.2) is 48.5 Å². The van der Waals surface area contributed by atoms with E-state index in [4.69, 9.17) is 0 Å². The molecule has 1 nitrogen and oxygen atoms in total. The summed E-state index contributed by atoms with van der Waals surface area (Å²) < 4.78 is 0. The molecule has 1 fully saturated rings. The van der Waals surface area contributed by atoms with Crippen molar-refractivity contribution in [2.75, 3.05) is 12.4 Å². The van der Waals surface area contributed by atoms with E-state index < -0.39 is 0 Å². The molecule has 0 aromatic heterocycles. The summed E-state index contributed by atoms with van der Waals surface area (Å²) in [5, 5.41) is 3.36. The topological polar surface area (TPSA) is 12.0 Å². The lowest BCUT2D eigenvalue weighted by atomic mass is 9.83. The van der Waals surface area contributed by atoms with Gasteiger partial charge in [-0.3, -0.25) is 0 Å². The summed E-state index contributed by atoms with van der Waals surface area (Å²) in [5.41, 5.74) is 6.07. The van der Waals surface area contributed by atoms with E-state index in [2.05, 4.69) is 60.8 Å². The number of rotatable bonds is 5. The van der Waals surface area contributed by atoms with Crippen molar-refractivity contribution < 1.29 is 0 Å². The van der Waals surface area contributed by atoms with E-state index >= 15 is 0 Å². The Balaban J connectivity index is 2.09. The first kappa shape index (κ1) is 13.2. The summed E-state index contributed by atoms with van der Waals surface area (Å²) in [7, 11) is 2.02. The van der Waals surface area contributed by atoms with Crippen molar-refractivity contribution in [1.29, 1.82) is 0 Å². The zero-order chi connectivity index (χ0) is 14.0. The highest BCUT2D eigenvalue weighted by Gasteiger charge is 2.47. The van der Waals surface area contributed by atoms with Gasteiger partial charge in [0.1, 0.15) is 0 Å². The first-order valence-corrected chi connectivity index (χ1v) is 7.67. The van der Waals surface area contributed by atoms with E-state index in [1.165, 1.54) is 42.5 Å². The van der Waals surface area contributed by atoms with Gasteiger partial charge in [-0.1, -0.05) is 55.8 Å². The second kappa shape index (κ2) is 5.32. The van der Waals surface area contributed by atoms with Crippen molar-refractivity contribution in [2.24, 2.45) is 0 Å². The highest BCUT2D eigenvalue weighted by atomic mass is 14.8. The Hall–Kier alpha value is -1.76. The average molecular weight is 265 g/mol. The Morgan fingerprint density at radius 3 is 2.25 bits per heavy atom. The minimum Gasteiger partial charge on any atom is -0.388 e. The third-order valence-electron chi connectivity index (χ3n) is 4.51. The van der Waals surface area contributed by atoms with Crippen LogP contribution >= 0.6 is 0 Å². The van der Waals surface area contributed by atoms with Gasteiger partial charge in [-0.25, -0.2) is 0 Å². The number of nitrogens with one attached hydrogen (secondary N) is 1. The molecule has 20 heavy (non-hydrogen) atoms. The van der Waals surface area contributed by atoms with Crippen molar-refractivity contribution in [1.82, 2.24) is 0 Å². The van der Waals surface area contributed by atoms with Gasteiger partial charge >= 0.3 is 0 Å². The lowest BCUT2D eigenvalue weighted by Gasteiger charge is -2.23. The van der Waals surface area contributed by atoms with Crippen LogP contribution < -0.4 is 5.32 Å². The van der Waals surface area contributed by atoms with Crippen LogP contribution in [-0.4, -0.2) is 7.05 Å². The quantitative estimate of drug-likeness (QED) is 0.821. The maximum Gasteiger partial charge on any atom is 0.0379 e. The van der Waals surface area contributed by atoms with E-state index in [9.17, 15) is 0 Å². The Morgan fingerprint density at radius 1 is 0.950 bits per heavy atom. The fourth-order valence-corrected chi connectivity index (χ4v) is 3.40. The maximum absolute atomic E-state index is 3.36. The molecule has 0 saturated heterocycles. The monoisotopic (exact) mass is 265 g/mol. The molecule has 0 amide bonds. The van der Waals surface area contributed by atoms with Gasteiger partial charge in [-0.15, -0.1) is 0 Å². The van der Waals surface area contributed by atoms with Crippen molar-refractivity contribution in [3.8, 4) is 0 Å². The molecule has 1 heteroatoms. The van der Waals surface area contributed by atoms with Crippen LogP contribution in [-0.2, 0) is 11.8 Å². The number of para-hydroxylation sites is 1. The Labute approximate surface area is 122 Å². The van der Waals surface area contributed by atoms with Gasteiger partial charge < -0.3 is 5.32 Å². The molecular weight excluding hydrogens is 242 g/mol. The van der Waals surface area contributed by atoms with Crippen molar-refractivity contribution in [3.63, 3.8) is 0 Å². The van der Waals surface area contributed by atoms with Crippen molar-refractivity contribution in [3.05, 3.63) is 65.2 Å².